The van der Waals surface area contributed by atoms with E-state index in [0.717, 1.165) is 12.0 Å². The van der Waals surface area contributed by atoms with Crippen molar-refractivity contribution in [3.8, 4) is 11.5 Å². The number of aliphatic hydroxyl groups excluding tert-OH is 1. The minimum absolute atomic E-state index is 0.298. The molecule has 0 spiro atoms. The van der Waals surface area contributed by atoms with Gasteiger partial charge in [0.1, 0.15) is 13.2 Å². The summed E-state index contributed by atoms with van der Waals surface area (Å²) in [5, 5.41) is 17.7. The highest BCUT2D eigenvalue weighted by Crippen LogP contribution is 2.35. The van der Waals surface area contributed by atoms with Gasteiger partial charge in [0.15, 0.2) is 11.5 Å². The van der Waals surface area contributed by atoms with E-state index in [1.54, 1.807) is 12.1 Å². The molecule has 1 heterocycles. The summed E-state index contributed by atoms with van der Waals surface area (Å²) in [4.78, 5) is 12.7. The molecule has 1 aliphatic heterocycles. The average Bonchev–Trinajstić information content (AvgIpc) is 3.34. The average molecular weight is 459 g/mol. The van der Waals surface area contributed by atoms with E-state index in [1.807, 2.05) is 30.3 Å². The number of benzene rings is 2. The van der Waals surface area contributed by atoms with Gasteiger partial charge in [0.05, 0.1) is 12.1 Å². The molecule has 2 unspecified atom stereocenters. The first-order chi connectivity index (χ1) is 15.6. The molecule has 2 aliphatic rings. The van der Waals surface area contributed by atoms with Crippen molar-refractivity contribution in [2.24, 2.45) is 5.92 Å². The van der Waals surface area contributed by atoms with Crippen LogP contribution in [0.25, 0.3) is 0 Å². The first kappa shape index (κ1) is 22.7. The van der Waals surface area contributed by atoms with E-state index in [0.29, 0.717) is 54.2 Å². The van der Waals surface area contributed by atoms with Crippen LogP contribution in [0.3, 0.4) is 0 Å². The predicted octanol–water partition coefficient (Wildman–Crippen LogP) is 4.98. The summed E-state index contributed by atoms with van der Waals surface area (Å²) in [5.74, 6) is 1.99. The molecule has 0 saturated heterocycles. The number of ether oxygens (including phenoxy) is 2. The van der Waals surface area contributed by atoms with E-state index >= 15 is 0 Å². The number of carbonyl (C=O) groups is 1. The lowest BCUT2D eigenvalue weighted by Crippen LogP contribution is -2.44. The van der Waals surface area contributed by atoms with Gasteiger partial charge >= 0.3 is 6.03 Å². The van der Waals surface area contributed by atoms with Gasteiger partial charge in [-0.25, -0.2) is 4.79 Å². The number of carbonyl (C=O) groups excluding carboxylic acids is 1. The number of fused-ring (bicyclic) bond motifs is 1. The van der Waals surface area contributed by atoms with E-state index in [2.05, 4.69) is 10.6 Å². The highest BCUT2D eigenvalue weighted by molar-refractivity contribution is 6.30. The Balaban J connectivity index is 1.41. The molecule has 2 aromatic carbocycles. The van der Waals surface area contributed by atoms with Crippen LogP contribution in [0.2, 0.25) is 5.02 Å². The van der Waals surface area contributed by atoms with E-state index < -0.39 is 12.1 Å². The minimum Gasteiger partial charge on any atom is -0.486 e. The quantitative estimate of drug-likeness (QED) is 0.521. The smallest absolute Gasteiger partial charge is 0.315 e. The first-order valence-corrected chi connectivity index (χ1v) is 11.8. The topological polar surface area (TPSA) is 79.8 Å². The van der Waals surface area contributed by atoms with Gasteiger partial charge in [-0.2, -0.15) is 0 Å². The van der Waals surface area contributed by atoms with Gasteiger partial charge in [0.2, 0.25) is 0 Å². The number of amides is 2. The van der Waals surface area contributed by atoms with Gasteiger partial charge in [0.25, 0.3) is 0 Å². The molecule has 0 radical (unpaired) electrons. The second-order valence-corrected chi connectivity index (χ2v) is 9.07. The second kappa shape index (κ2) is 10.9. The van der Waals surface area contributed by atoms with E-state index in [1.165, 1.54) is 25.7 Å². The number of halogens is 1. The molecule has 1 saturated carbocycles. The largest absolute Gasteiger partial charge is 0.486 e. The summed E-state index contributed by atoms with van der Waals surface area (Å²) in [6.45, 7) is 1.40. The molecule has 2 atom stereocenters. The molecule has 172 valence electrons. The van der Waals surface area contributed by atoms with Crippen molar-refractivity contribution < 1.29 is 19.4 Å². The SMILES string of the molecule is O=C(NCc1ccc(Cl)cc1)NC(CCC1CCCC1)C(O)c1ccc2c(c1)OCCO2. The van der Waals surface area contributed by atoms with Crippen molar-refractivity contribution in [1.82, 2.24) is 10.6 Å². The van der Waals surface area contributed by atoms with Crippen LogP contribution in [0.1, 0.15) is 55.8 Å². The molecule has 4 rings (SSSR count). The van der Waals surface area contributed by atoms with Crippen molar-refractivity contribution in [2.45, 2.75) is 57.2 Å². The highest BCUT2D eigenvalue weighted by atomic mass is 35.5. The van der Waals surface area contributed by atoms with Crippen LogP contribution < -0.4 is 20.1 Å². The zero-order chi connectivity index (χ0) is 22.3. The molecular weight excluding hydrogens is 428 g/mol. The number of nitrogens with one attached hydrogen (secondary N) is 2. The van der Waals surface area contributed by atoms with Crippen molar-refractivity contribution in [3.63, 3.8) is 0 Å². The molecule has 7 heteroatoms. The van der Waals surface area contributed by atoms with Crippen LogP contribution in [-0.4, -0.2) is 30.4 Å². The van der Waals surface area contributed by atoms with Gasteiger partial charge < -0.3 is 25.2 Å². The summed E-state index contributed by atoms with van der Waals surface area (Å²) in [5.41, 5.74) is 1.67. The third kappa shape index (κ3) is 6.08. The Morgan fingerprint density at radius 3 is 2.53 bits per heavy atom. The second-order valence-electron chi connectivity index (χ2n) is 8.64. The maximum Gasteiger partial charge on any atom is 0.315 e. The molecule has 0 aromatic heterocycles. The van der Waals surface area contributed by atoms with Crippen molar-refractivity contribution >= 4 is 17.6 Å². The Morgan fingerprint density at radius 1 is 1.06 bits per heavy atom. The lowest BCUT2D eigenvalue weighted by molar-refractivity contribution is 0.120. The third-order valence-corrected chi connectivity index (χ3v) is 6.58. The normalized spacial score (nSPS) is 17.6. The van der Waals surface area contributed by atoms with Gasteiger partial charge in [-0.15, -0.1) is 0 Å². The molecular formula is C25H31ClN2O4. The summed E-state index contributed by atoms with van der Waals surface area (Å²) < 4.78 is 11.3. The van der Waals surface area contributed by atoms with Crippen LogP contribution in [0, 0.1) is 5.92 Å². The Bertz CT molecular complexity index is 899. The van der Waals surface area contributed by atoms with Crippen LogP contribution in [0.15, 0.2) is 42.5 Å². The summed E-state index contributed by atoms with van der Waals surface area (Å²) in [6, 6.07) is 12.1. The molecule has 1 fully saturated rings. The monoisotopic (exact) mass is 458 g/mol. The van der Waals surface area contributed by atoms with Gasteiger partial charge in [-0.1, -0.05) is 55.5 Å². The van der Waals surface area contributed by atoms with E-state index in [4.69, 9.17) is 21.1 Å². The predicted molar refractivity (Wildman–Crippen MR) is 124 cm³/mol. The Kier molecular flexibility index (Phi) is 7.76. The maximum atomic E-state index is 12.7. The Morgan fingerprint density at radius 2 is 1.78 bits per heavy atom. The van der Waals surface area contributed by atoms with Crippen molar-refractivity contribution in [1.29, 1.82) is 0 Å². The van der Waals surface area contributed by atoms with Crippen LogP contribution in [0.5, 0.6) is 11.5 Å². The molecule has 2 aromatic rings. The van der Waals surface area contributed by atoms with E-state index in [-0.39, 0.29) is 6.03 Å². The maximum absolute atomic E-state index is 12.7. The fraction of sp³-hybridized carbons (Fsp3) is 0.480. The zero-order valence-corrected chi connectivity index (χ0v) is 18.9. The minimum atomic E-state index is -0.839. The number of urea groups is 1. The third-order valence-electron chi connectivity index (χ3n) is 6.33. The Labute approximate surface area is 194 Å². The van der Waals surface area contributed by atoms with Crippen molar-refractivity contribution in [2.75, 3.05) is 13.2 Å². The highest BCUT2D eigenvalue weighted by Gasteiger charge is 2.26. The molecule has 2 amide bonds. The standard InChI is InChI=1S/C25H31ClN2O4/c26-20-9-5-18(6-10-20)16-27-25(30)28-21(11-7-17-3-1-2-4-17)24(29)19-8-12-22-23(15-19)32-14-13-31-22/h5-6,8-10,12,15,17,21,24,29H,1-4,7,11,13-14,16H2,(H2,27,28,30). The molecule has 3 N–H and O–H groups in total. The van der Waals surface area contributed by atoms with Gasteiger partial charge in [-0.05, 0) is 54.2 Å². The Hall–Kier alpha value is -2.44. The summed E-state index contributed by atoms with van der Waals surface area (Å²) >= 11 is 5.92. The van der Waals surface area contributed by atoms with E-state index in [9.17, 15) is 9.90 Å². The summed E-state index contributed by atoms with van der Waals surface area (Å²) in [6.07, 6.45) is 5.88. The zero-order valence-electron chi connectivity index (χ0n) is 18.2. The van der Waals surface area contributed by atoms with Gasteiger partial charge in [0, 0.05) is 11.6 Å². The van der Waals surface area contributed by atoms with Crippen LogP contribution in [0.4, 0.5) is 4.79 Å². The number of rotatable bonds is 8. The molecule has 1 aliphatic carbocycles. The fourth-order valence-corrected chi connectivity index (χ4v) is 4.63. The van der Waals surface area contributed by atoms with Crippen LogP contribution >= 0.6 is 11.6 Å². The number of aliphatic hydroxyl groups is 1. The lowest BCUT2D eigenvalue weighted by Gasteiger charge is -2.27. The van der Waals surface area contributed by atoms with Crippen molar-refractivity contribution in [3.05, 3.63) is 58.6 Å². The van der Waals surface area contributed by atoms with Gasteiger partial charge in [-0.3, -0.25) is 0 Å². The summed E-state index contributed by atoms with van der Waals surface area (Å²) in [7, 11) is 0. The number of hydrogen-bond acceptors (Lipinski definition) is 4. The number of hydrogen-bond donors (Lipinski definition) is 3. The molecule has 0 bridgehead atoms. The molecule has 32 heavy (non-hydrogen) atoms. The molecule has 6 nitrogen and oxygen atoms in total. The lowest BCUT2D eigenvalue weighted by atomic mass is 9.93. The first-order valence-electron chi connectivity index (χ1n) is 11.4. The van der Waals surface area contributed by atoms with Crippen LogP contribution in [-0.2, 0) is 6.54 Å². The fourth-order valence-electron chi connectivity index (χ4n) is 4.50.